The minimum Gasteiger partial charge on any atom is -0.480 e. The molecular weight excluding hydrogens is 270 g/mol. The van der Waals surface area contributed by atoms with Crippen LogP contribution in [0.25, 0.3) is 0 Å². The van der Waals surface area contributed by atoms with Crippen LogP contribution in [0.5, 0.6) is 0 Å². The average molecular weight is 297 g/mol. The van der Waals surface area contributed by atoms with Gasteiger partial charge >= 0.3 is 5.97 Å². The maximum atomic E-state index is 12.5. The van der Waals surface area contributed by atoms with E-state index in [2.05, 4.69) is 15.5 Å². The summed E-state index contributed by atoms with van der Waals surface area (Å²) in [6, 6.07) is -0.441. The zero-order valence-electron chi connectivity index (χ0n) is 12.8. The number of nitrogens with zero attached hydrogens (tertiary/aromatic N) is 1. The largest absolute Gasteiger partial charge is 0.480 e. The molecule has 2 unspecified atom stereocenters. The summed E-state index contributed by atoms with van der Waals surface area (Å²) in [6.45, 7) is 4.89. The minimum atomic E-state index is -0.934. The fourth-order valence-corrected chi connectivity index (χ4v) is 3.46. The van der Waals surface area contributed by atoms with Crippen molar-refractivity contribution in [3.8, 4) is 0 Å². The highest BCUT2D eigenvalue weighted by atomic mass is 16.4. The predicted octanol–water partition coefficient (Wildman–Crippen LogP) is 0.572. The molecule has 2 heterocycles. The predicted molar refractivity (Wildman–Crippen MR) is 80.1 cm³/mol. The van der Waals surface area contributed by atoms with Crippen molar-refractivity contribution in [3.05, 3.63) is 0 Å². The standard InChI is InChI=1S/C15H27N3O3/c1-2-4-12(15(20)21)17-14(19)13-5-3-10-18(13)11-6-8-16-9-7-11/h11-13,16H,2-10H2,1H3,(H,17,19)(H,20,21). The molecule has 120 valence electrons. The van der Waals surface area contributed by atoms with Gasteiger partial charge < -0.3 is 15.7 Å². The molecule has 0 saturated carbocycles. The van der Waals surface area contributed by atoms with Crippen molar-refractivity contribution in [1.82, 2.24) is 15.5 Å². The Balaban J connectivity index is 1.94. The van der Waals surface area contributed by atoms with Crippen LogP contribution in [0.15, 0.2) is 0 Å². The number of hydrogen-bond acceptors (Lipinski definition) is 4. The number of carbonyl (C=O) groups is 2. The van der Waals surface area contributed by atoms with Crippen molar-refractivity contribution < 1.29 is 14.7 Å². The highest BCUT2D eigenvalue weighted by Gasteiger charge is 2.36. The van der Waals surface area contributed by atoms with Crippen LogP contribution in [-0.2, 0) is 9.59 Å². The quantitative estimate of drug-likeness (QED) is 0.668. The summed E-state index contributed by atoms with van der Waals surface area (Å²) in [7, 11) is 0. The lowest BCUT2D eigenvalue weighted by Crippen LogP contribution is -2.53. The second-order valence-corrected chi connectivity index (χ2v) is 6.07. The lowest BCUT2D eigenvalue weighted by atomic mass is 10.0. The fourth-order valence-electron chi connectivity index (χ4n) is 3.46. The molecule has 2 atom stereocenters. The molecule has 0 bridgehead atoms. The van der Waals surface area contributed by atoms with E-state index in [-0.39, 0.29) is 11.9 Å². The summed E-state index contributed by atoms with van der Waals surface area (Å²) in [5.74, 6) is -1.04. The Hall–Kier alpha value is -1.14. The number of piperidine rings is 1. The molecule has 0 spiro atoms. The first-order valence-electron chi connectivity index (χ1n) is 8.13. The van der Waals surface area contributed by atoms with Crippen molar-refractivity contribution in [2.24, 2.45) is 0 Å². The summed E-state index contributed by atoms with van der Waals surface area (Å²) >= 11 is 0. The Morgan fingerprint density at radius 3 is 2.67 bits per heavy atom. The van der Waals surface area contributed by atoms with Gasteiger partial charge in [0.1, 0.15) is 6.04 Å². The van der Waals surface area contributed by atoms with Crippen LogP contribution < -0.4 is 10.6 Å². The van der Waals surface area contributed by atoms with Gasteiger partial charge in [0, 0.05) is 6.04 Å². The average Bonchev–Trinajstić information content (AvgIpc) is 2.97. The molecular formula is C15H27N3O3. The number of aliphatic carboxylic acids is 1. The number of nitrogens with one attached hydrogen (secondary N) is 2. The smallest absolute Gasteiger partial charge is 0.326 e. The number of hydrogen-bond donors (Lipinski definition) is 3. The Morgan fingerprint density at radius 2 is 2.05 bits per heavy atom. The van der Waals surface area contributed by atoms with Gasteiger partial charge in [-0.1, -0.05) is 13.3 Å². The molecule has 2 rings (SSSR count). The second-order valence-electron chi connectivity index (χ2n) is 6.07. The van der Waals surface area contributed by atoms with Crippen molar-refractivity contribution in [1.29, 1.82) is 0 Å². The molecule has 2 fully saturated rings. The van der Waals surface area contributed by atoms with Crippen molar-refractivity contribution in [2.45, 2.75) is 63.6 Å². The second kappa shape index (κ2) is 7.75. The number of carboxylic acid groups (broad SMARTS) is 1. The zero-order chi connectivity index (χ0) is 15.2. The third kappa shape index (κ3) is 4.17. The SMILES string of the molecule is CCCC(NC(=O)C1CCCN1C1CCNCC1)C(=O)O. The van der Waals surface area contributed by atoms with Crippen LogP contribution in [0.4, 0.5) is 0 Å². The Bertz CT molecular complexity index is 369. The molecule has 0 aromatic carbocycles. The van der Waals surface area contributed by atoms with E-state index in [1.165, 1.54) is 0 Å². The van der Waals surface area contributed by atoms with E-state index in [0.29, 0.717) is 12.5 Å². The van der Waals surface area contributed by atoms with E-state index in [0.717, 1.165) is 51.7 Å². The van der Waals surface area contributed by atoms with Gasteiger partial charge in [-0.3, -0.25) is 9.69 Å². The molecule has 0 aliphatic carbocycles. The molecule has 1 amide bonds. The van der Waals surface area contributed by atoms with Crippen molar-refractivity contribution in [3.63, 3.8) is 0 Å². The number of carbonyl (C=O) groups excluding carboxylic acids is 1. The Kier molecular flexibility index (Phi) is 5.99. The van der Waals surface area contributed by atoms with Crippen molar-refractivity contribution in [2.75, 3.05) is 19.6 Å². The van der Waals surface area contributed by atoms with Crippen LogP contribution in [0.2, 0.25) is 0 Å². The third-order valence-corrected chi connectivity index (χ3v) is 4.57. The molecule has 0 aromatic heterocycles. The first-order chi connectivity index (χ1) is 10.1. The lowest BCUT2D eigenvalue weighted by Gasteiger charge is -2.35. The van der Waals surface area contributed by atoms with Crippen LogP contribution in [-0.4, -0.2) is 59.6 Å². The number of amides is 1. The molecule has 2 saturated heterocycles. The fraction of sp³-hybridized carbons (Fsp3) is 0.867. The van der Waals surface area contributed by atoms with Crippen molar-refractivity contribution >= 4 is 11.9 Å². The number of carboxylic acids is 1. The summed E-state index contributed by atoms with van der Waals surface area (Å²) < 4.78 is 0. The minimum absolute atomic E-state index is 0.105. The maximum Gasteiger partial charge on any atom is 0.326 e. The molecule has 6 heteroatoms. The van der Waals surface area contributed by atoms with Gasteiger partial charge in [0.05, 0.1) is 6.04 Å². The van der Waals surface area contributed by atoms with Gasteiger partial charge in [0.15, 0.2) is 0 Å². The van der Waals surface area contributed by atoms with E-state index in [1.807, 2.05) is 6.92 Å². The zero-order valence-corrected chi connectivity index (χ0v) is 12.8. The summed E-state index contributed by atoms with van der Waals surface area (Å²) in [5.41, 5.74) is 0. The van der Waals surface area contributed by atoms with E-state index in [4.69, 9.17) is 0 Å². The van der Waals surface area contributed by atoms with Gasteiger partial charge in [0.2, 0.25) is 5.91 Å². The topological polar surface area (TPSA) is 81.7 Å². The summed E-state index contributed by atoms with van der Waals surface area (Å²) in [6.07, 6.45) is 5.24. The van der Waals surface area contributed by atoms with Gasteiger partial charge in [-0.15, -0.1) is 0 Å². The van der Waals surface area contributed by atoms with Gasteiger partial charge in [0.25, 0.3) is 0 Å². The van der Waals surface area contributed by atoms with E-state index in [9.17, 15) is 14.7 Å². The van der Waals surface area contributed by atoms with Crippen LogP contribution in [0.1, 0.15) is 45.4 Å². The molecule has 0 aromatic rings. The highest BCUT2D eigenvalue weighted by molar-refractivity contribution is 5.87. The molecule has 2 aliphatic rings. The molecule has 2 aliphatic heterocycles. The number of rotatable bonds is 6. The number of likely N-dealkylation sites (tertiary alicyclic amines) is 1. The first-order valence-corrected chi connectivity index (χ1v) is 8.13. The van der Waals surface area contributed by atoms with Crippen LogP contribution in [0.3, 0.4) is 0 Å². The molecule has 6 nitrogen and oxygen atoms in total. The normalized spacial score (nSPS) is 25.7. The van der Waals surface area contributed by atoms with Gasteiger partial charge in [-0.25, -0.2) is 4.79 Å². The molecule has 3 N–H and O–H groups in total. The Labute approximate surface area is 126 Å². The van der Waals surface area contributed by atoms with Crippen LogP contribution in [0, 0.1) is 0 Å². The van der Waals surface area contributed by atoms with E-state index >= 15 is 0 Å². The van der Waals surface area contributed by atoms with Gasteiger partial charge in [-0.05, 0) is 51.7 Å². The molecule has 21 heavy (non-hydrogen) atoms. The van der Waals surface area contributed by atoms with E-state index < -0.39 is 12.0 Å². The lowest BCUT2D eigenvalue weighted by molar-refractivity contribution is -0.142. The maximum absolute atomic E-state index is 12.5. The Morgan fingerprint density at radius 1 is 1.33 bits per heavy atom. The monoisotopic (exact) mass is 297 g/mol. The third-order valence-electron chi connectivity index (χ3n) is 4.57. The van der Waals surface area contributed by atoms with Gasteiger partial charge in [-0.2, -0.15) is 0 Å². The molecule has 0 radical (unpaired) electrons. The first kappa shape index (κ1) is 16.2. The summed E-state index contributed by atoms with van der Waals surface area (Å²) in [4.78, 5) is 25.9. The van der Waals surface area contributed by atoms with Crippen LogP contribution >= 0.6 is 0 Å². The summed E-state index contributed by atoms with van der Waals surface area (Å²) in [5, 5.41) is 15.2. The highest BCUT2D eigenvalue weighted by Crippen LogP contribution is 2.24. The van der Waals surface area contributed by atoms with E-state index in [1.54, 1.807) is 0 Å².